The molecule has 2 atom stereocenters. The van der Waals surface area contributed by atoms with Crippen LogP contribution in [-0.4, -0.2) is 12.1 Å². The molecule has 4 rings (SSSR count). The number of hydrogen-bond donors (Lipinski definition) is 0. The van der Waals surface area contributed by atoms with Crippen LogP contribution < -0.4 is 0 Å². The number of fused-ring (bicyclic) bond motifs is 2. The molecule has 2 nitrogen and oxygen atoms in total. The van der Waals surface area contributed by atoms with Crippen molar-refractivity contribution in [2.45, 2.75) is 44.6 Å². The van der Waals surface area contributed by atoms with Crippen molar-refractivity contribution >= 4 is 5.97 Å². The van der Waals surface area contributed by atoms with Gasteiger partial charge in [0.05, 0.1) is 5.92 Å². The second kappa shape index (κ2) is 2.73. The molecule has 2 heterocycles. The summed E-state index contributed by atoms with van der Waals surface area (Å²) in [7, 11) is 0. The lowest BCUT2D eigenvalue weighted by Crippen LogP contribution is -2.16. The van der Waals surface area contributed by atoms with E-state index in [1.165, 1.54) is 12.8 Å². The van der Waals surface area contributed by atoms with Gasteiger partial charge in [0, 0.05) is 0 Å². The molecule has 2 saturated carbocycles. The van der Waals surface area contributed by atoms with E-state index < -0.39 is 0 Å². The minimum absolute atomic E-state index is 0.108. The highest BCUT2D eigenvalue weighted by molar-refractivity contribution is 5.73. The molecule has 0 spiro atoms. The number of rotatable bonds is 0. The summed E-state index contributed by atoms with van der Waals surface area (Å²) in [6.45, 7) is 0. The number of ether oxygens (including phenoxy) is 1. The topological polar surface area (TPSA) is 26.3 Å². The van der Waals surface area contributed by atoms with E-state index in [0.29, 0.717) is 0 Å². The van der Waals surface area contributed by atoms with Gasteiger partial charge in [0.1, 0.15) is 6.10 Å². The molecule has 0 radical (unpaired) electrons. The van der Waals surface area contributed by atoms with Crippen LogP contribution in [0.3, 0.4) is 0 Å². The molecule has 2 aliphatic heterocycles. The molecule has 4 bridgehead atoms. The molecule has 4 aliphatic rings. The van der Waals surface area contributed by atoms with Gasteiger partial charge in [-0.25, -0.2) is 0 Å². The Morgan fingerprint density at radius 2 is 1.62 bits per heavy atom. The van der Waals surface area contributed by atoms with E-state index in [1.54, 1.807) is 0 Å². The van der Waals surface area contributed by atoms with Crippen LogP contribution in [-0.2, 0) is 9.53 Å². The van der Waals surface area contributed by atoms with Crippen molar-refractivity contribution in [2.24, 2.45) is 17.8 Å². The van der Waals surface area contributed by atoms with E-state index in [2.05, 4.69) is 0 Å². The molecule has 0 aromatic rings. The van der Waals surface area contributed by atoms with Crippen molar-refractivity contribution in [3.8, 4) is 0 Å². The summed E-state index contributed by atoms with van der Waals surface area (Å²) >= 11 is 0. The zero-order valence-electron chi connectivity index (χ0n) is 7.87. The van der Waals surface area contributed by atoms with Crippen LogP contribution in [0.15, 0.2) is 0 Å². The Bertz CT molecular complexity index is 220. The normalized spacial score (nSPS) is 48.5. The van der Waals surface area contributed by atoms with E-state index >= 15 is 0 Å². The molecule has 0 aromatic carbocycles. The Hall–Kier alpha value is -0.530. The Labute approximate surface area is 78.6 Å². The van der Waals surface area contributed by atoms with Crippen LogP contribution in [0, 0.1) is 17.8 Å². The Morgan fingerprint density at radius 1 is 1.00 bits per heavy atom. The van der Waals surface area contributed by atoms with Gasteiger partial charge in [0.15, 0.2) is 0 Å². The standard InChI is InChI=1S/C11H16O2/c12-11-9-3-7-1-2-8(4-9)6-10(5-7)13-11/h7-10H,1-6H2. The van der Waals surface area contributed by atoms with Crippen LogP contribution in [0.25, 0.3) is 0 Å². The Morgan fingerprint density at radius 3 is 2.23 bits per heavy atom. The maximum atomic E-state index is 11.6. The Balaban J connectivity index is 1.97. The molecule has 2 aliphatic carbocycles. The fourth-order valence-corrected chi connectivity index (χ4v) is 3.43. The lowest BCUT2D eigenvalue weighted by Gasteiger charge is -2.18. The number of carbonyl (C=O) groups excluding carboxylic acids is 1. The first-order valence-electron chi connectivity index (χ1n) is 5.52. The van der Waals surface area contributed by atoms with Gasteiger partial charge in [0.2, 0.25) is 0 Å². The largest absolute Gasteiger partial charge is 0.462 e. The van der Waals surface area contributed by atoms with Gasteiger partial charge in [-0.1, -0.05) is 12.8 Å². The minimum Gasteiger partial charge on any atom is -0.462 e. The Kier molecular flexibility index (Phi) is 1.64. The second-order valence-corrected chi connectivity index (χ2v) is 5.01. The van der Waals surface area contributed by atoms with Gasteiger partial charge >= 0.3 is 5.97 Å². The third kappa shape index (κ3) is 1.27. The molecular weight excluding hydrogens is 164 g/mol. The third-order valence-corrected chi connectivity index (χ3v) is 4.03. The lowest BCUT2D eigenvalue weighted by molar-refractivity contribution is -0.151. The summed E-state index contributed by atoms with van der Waals surface area (Å²) < 4.78 is 5.48. The van der Waals surface area contributed by atoms with Gasteiger partial charge in [-0.05, 0) is 37.5 Å². The molecule has 0 aromatic heterocycles. The monoisotopic (exact) mass is 180 g/mol. The maximum absolute atomic E-state index is 11.6. The molecule has 2 saturated heterocycles. The summed E-state index contributed by atoms with van der Waals surface area (Å²) in [5, 5.41) is 0. The minimum atomic E-state index is 0.108. The summed E-state index contributed by atoms with van der Waals surface area (Å²) in [6.07, 6.45) is 7.50. The van der Waals surface area contributed by atoms with Crippen molar-refractivity contribution in [3.63, 3.8) is 0 Å². The van der Waals surface area contributed by atoms with E-state index in [-0.39, 0.29) is 18.0 Å². The van der Waals surface area contributed by atoms with Crippen LogP contribution in [0.5, 0.6) is 0 Å². The number of hydrogen-bond acceptors (Lipinski definition) is 2. The van der Waals surface area contributed by atoms with Crippen molar-refractivity contribution in [3.05, 3.63) is 0 Å². The first kappa shape index (κ1) is 7.84. The van der Waals surface area contributed by atoms with Gasteiger partial charge in [-0.15, -0.1) is 0 Å². The van der Waals surface area contributed by atoms with Gasteiger partial charge < -0.3 is 4.74 Å². The first-order chi connectivity index (χ1) is 6.31. The molecule has 13 heavy (non-hydrogen) atoms. The summed E-state index contributed by atoms with van der Waals surface area (Å²) in [6, 6.07) is 0. The molecule has 4 fully saturated rings. The van der Waals surface area contributed by atoms with Crippen molar-refractivity contribution in [1.29, 1.82) is 0 Å². The molecule has 2 unspecified atom stereocenters. The number of carbonyl (C=O) groups is 1. The SMILES string of the molecule is O=C1OC2CC3CCC(C2)CC1C3. The fraction of sp³-hybridized carbons (Fsp3) is 0.909. The lowest BCUT2D eigenvalue weighted by atomic mass is 9.85. The van der Waals surface area contributed by atoms with Crippen LogP contribution >= 0.6 is 0 Å². The van der Waals surface area contributed by atoms with Gasteiger partial charge in [0.25, 0.3) is 0 Å². The van der Waals surface area contributed by atoms with E-state index in [9.17, 15) is 4.79 Å². The van der Waals surface area contributed by atoms with Crippen LogP contribution in [0.4, 0.5) is 0 Å². The van der Waals surface area contributed by atoms with Gasteiger partial charge in [-0.2, -0.15) is 0 Å². The average Bonchev–Trinajstić information content (AvgIpc) is 2.44. The maximum Gasteiger partial charge on any atom is 0.309 e. The highest BCUT2D eigenvalue weighted by Gasteiger charge is 2.41. The number of esters is 1. The summed E-state index contributed by atoms with van der Waals surface area (Å²) in [5.74, 6) is 1.93. The average molecular weight is 180 g/mol. The highest BCUT2D eigenvalue weighted by Crippen LogP contribution is 2.44. The molecule has 0 amide bonds. The third-order valence-electron chi connectivity index (χ3n) is 4.03. The van der Waals surface area contributed by atoms with E-state index in [4.69, 9.17) is 4.74 Å². The predicted molar refractivity (Wildman–Crippen MR) is 48.1 cm³/mol. The highest BCUT2D eigenvalue weighted by atomic mass is 16.5. The van der Waals surface area contributed by atoms with Crippen LogP contribution in [0.2, 0.25) is 0 Å². The quantitative estimate of drug-likeness (QED) is 0.534. The second-order valence-electron chi connectivity index (χ2n) is 5.01. The van der Waals surface area contributed by atoms with Gasteiger partial charge in [-0.3, -0.25) is 4.79 Å². The zero-order valence-corrected chi connectivity index (χ0v) is 7.87. The van der Waals surface area contributed by atoms with Crippen molar-refractivity contribution < 1.29 is 9.53 Å². The first-order valence-corrected chi connectivity index (χ1v) is 5.52. The summed E-state index contributed by atoms with van der Waals surface area (Å²) in [4.78, 5) is 11.6. The van der Waals surface area contributed by atoms with Crippen molar-refractivity contribution in [1.82, 2.24) is 0 Å². The molecule has 2 heteroatoms. The molecule has 72 valence electrons. The van der Waals surface area contributed by atoms with Crippen LogP contribution in [0.1, 0.15) is 38.5 Å². The molecule has 0 N–H and O–H groups in total. The fourth-order valence-electron chi connectivity index (χ4n) is 3.43. The van der Waals surface area contributed by atoms with E-state index in [1.807, 2.05) is 0 Å². The van der Waals surface area contributed by atoms with E-state index in [0.717, 1.165) is 37.5 Å². The predicted octanol–water partition coefficient (Wildman–Crippen LogP) is 2.13. The van der Waals surface area contributed by atoms with Crippen molar-refractivity contribution in [2.75, 3.05) is 0 Å². The smallest absolute Gasteiger partial charge is 0.309 e. The zero-order chi connectivity index (χ0) is 8.84. The summed E-state index contributed by atoms with van der Waals surface area (Å²) in [5.41, 5.74) is 0. The molecular formula is C11H16O2.